The maximum atomic E-state index is 11.9. The number of nitro groups is 1. The SMILES string of the molecule is CCOC(=O)C(C)N[C@@H](Cc1ccc([N+](=O)[O-])cc1)C(=O)OC. The van der Waals surface area contributed by atoms with Crippen molar-refractivity contribution in [3.8, 4) is 0 Å². The van der Waals surface area contributed by atoms with E-state index in [9.17, 15) is 19.7 Å². The van der Waals surface area contributed by atoms with E-state index in [0.29, 0.717) is 5.56 Å². The molecule has 0 heterocycles. The lowest BCUT2D eigenvalue weighted by molar-refractivity contribution is -0.384. The van der Waals surface area contributed by atoms with Gasteiger partial charge < -0.3 is 9.47 Å². The Morgan fingerprint density at radius 1 is 1.26 bits per heavy atom. The number of nitrogens with zero attached hydrogens (tertiary/aromatic N) is 1. The number of esters is 2. The molecule has 1 unspecified atom stereocenters. The molecule has 0 spiro atoms. The van der Waals surface area contributed by atoms with Crippen molar-refractivity contribution in [1.82, 2.24) is 5.32 Å². The van der Waals surface area contributed by atoms with Crippen molar-refractivity contribution in [3.05, 3.63) is 39.9 Å². The summed E-state index contributed by atoms with van der Waals surface area (Å²) in [5.41, 5.74) is 0.672. The summed E-state index contributed by atoms with van der Waals surface area (Å²) in [6.07, 6.45) is 0.231. The van der Waals surface area contributed by atoms with Gasteiger partial charge in [-0.25, -0.2) is 0 Å². The van der Waals surface area contributed by atoms with Crippen molar-refractivity contribution in [2.45, 2.75) is 32.4 Å². The number of benzene rings is 1. The fraction of sp³-hybridized carbons (Fsp3) is 0.467. The lowest BCUT2D eigenvalue weighted by Crippen LogP contribution is -2.47. The van der Waals surface area contributed by atoms with Gasteiger partial charge in [-0.2, -0.15) is 0 Å². The van der Waals surface area contributed by atoms with Crippen LogP contribution in [0, 0.1) is 10.1 Å². The second kappa shape index (κ2) is 8.84. The van der Waals surface area contributed by atoms with Crippen LogP contribution in [0.25, 0.3) is 0 Å². The number of carbonyl (C=O) groups excluding carboxylic acids is 2. The lowest BCUT2D eigenvalue weighted by Gasteiger charge is -2.20. The quantitative estimate of drug-likeness (QED) is 0.435. The van der Waals surface area contributed by atoms with Crippen molar-refractivity contribution in [1.29, 1.82) is 0 Å². The topological polar surface area (TPSA) is 108 Å². The molecule has 0 bridgehead atoms. The fourth-order valence-corrected chi connectivity index (χ4v) is 1.98. The van der Waals surface area contributed by atoms with Crippen LogP contribution in [-0.2, 0) is 25.5 Å². The van der Waals surface area contributed by atoms with Crippen LogP contribution in [0.4, 0.5) is 5.69 Å². The van der Waals surface area contributed by atoms with Crippen molar-refractivity contribution >= 4 is 17.6 Å². The number of rotatable bonds is 8. The molecule has 0 aliphatic carbocycles. The molecule has 8 heteroatoms. The number of nitro benzene ring substituents is 1. The number of hydrogen-bond donors (Lipinski definition) is 1. The first-order valence-electron chi connectivity index (χ1n) is 7.12. The van der Waals surface area contributed by atoms with Crippen molar-refractivity contribution in [2.75, 3.05) is 13.7 Å². The Morgan fingerprint density at radius 2 is 1.87 bits per heavy atom. The number of methoxy groups -OCH3 is 1. The smallest absolute Gasteiger partial charge is 0.323 e. The summed E-state index contributed by atoms with van der Waals surface area (Å²) in [5.74, 6) is -0.996. The highest BCUT2D eigenvalue weighted by Gasteiger charge is 2.25. The summed E-state index contributed by atoms with van der Waals surface area (Å²) in [6, 6.07) is 4.39. The van der Waals surface area contributed by atoms with E-state index < -0.39 is 28.9 Å². The van der Waals surface area contributed by atoms with Gasteiger partial charge in [0.15, 0.2) is 0 Å². The molecule has 0 aliphatic rings. The van der Waals surface area contributed by atoms with Gasteiger partial charge in [0.2, 0.25) is 0 Å². The van der Waals surface area contributed by atoms with Gasteiger partial charge >= 0.3 is 11.9 Å². The molecule has 0 saturated carbocycles. The minimum Gasteiger partial charge on any atom is -0.468 e. The van der Waals surface area contributed by atoms with Gasteiger partial charge in [-0.3, -0.25) is 25.0 Å². The Kier molecular flexibility index (Phi) is 7.14. The van der Waals surface area contributed by atoms with Gasteiger partial charge in [0.05, 0.1) is 18.6 Å². The highest BCUT2D eigenvalue weighted by Crippen LogP contribution is 2.14. The second-order valence-corrected chi connectivity index (χ2v) is 4.84. The number of ether oxygens (including phenoxy) is 2. The molecule has 1 rings (SSSR count). The molecule has 0 fully saturated rings. The standard InChI is InChI=1S/C15H20N2O6/c1-4-23-14(18)10(2)16-13(15(19)22-3)9-11-5-7-12(8-6-11)17(20)21/h5-8,10,13,16H,4,9H2,1-3H3/t10?,13-/m0/s1. The Hall–Kier alpha value is -2.48. The molecule has 0 aliphatic heterocycles. The molecule has 0 aromatic heterocycles. The predicted octanol–water partition coefficient (Wildman–Crippen LogP) is 1.22. The molecule has 1 aromatic carbocycles. The maximum Gasteiger partial charge on any atom is 0.323 e. The molecule has 0 saturated heterocycles. The average molecular weight is 324 g/mol. The zero-order chi connectivity index (χ0) is 17.4. The third-order valence-electron chi connectivity index (χ3n) is 3.16. The van der Waals surface area contributed by atoms with E-state index in [0.717, 1.165) is 0 Å². The predicted molar refractivity (Wildman–Crippen MR) is 81.8 cm³/mol. The van der Waals surface area contributed by atoms with Crippen LogP contribution >= 0.6 is 0 Å². The second-order valence-electron chi connectivity index (χ2n) is 4.84. The molecular formula is C15H20N2O6. The van der Waals surface area contributed by atoms with E-state index in [1.54, 1.807) is 26.0 Å². The number of non-ortho nitro benzene ring substituents is 1. The van der Waals surface area contributed by atoms with Crippen LogP contribution in [0.3, 0.4) is 0 Å². The molecular weight excluding hydrogens is 304 g/mol. The minimum atomic E-state index is -0.763. The first kappa shape index (κ1) is 18.6. The summed E-state index contributed by atoms with van der Waals surface area (Å²) in [4.78, 5) is 33.7. The highest BCUT2D eigenvalue weighted by atomic mass is 16.6. The van der Waals surface area contributed by atoms with Crippen LogP contribution < -0.4 is 5.32 Å². The first-order valence-corrected chi connectivity index (χ1v) is 7.12. The lowest BCUT2D eigenvalue weighted by atomic mass is 10.0. The third kappa shape index (κ3) is 5.67. The van der Waals surface area contributed by atoms with Crippen LogP contribution in [-0.4, -0.2) is 42.7 Å². The van der Waals surface area contributed by atoms with E-state index in [2.05, 4.69) is 5.32 Å². The zero-order valence-electron chi connectivity index (χ0n) is 13.3. The Labute approximate surface area is 133 Å². The molecule has 23 heavy (non-hydrogen) atoms. The summed E-state index contributed by atoms with van der Waals surface area (Å²) in [5, 5.41) is 13.5. The molecule has 0 amide bonds. The van der Waals surface area contributed by atoms with Crippen molar-refractivity contribution in [3.63, 3.8) is 0 Å². The van der Waals surface area contributed by atoms with Crippen LogP contribution in [0.15, 0.2) is 24.3 Å². The maximum absolute atomic E-state index is 11.9. The van der Waals surface area contributed by atoms with E-state index in [-0.39, 0.29) is 18.7 Å². The van der Waals surface area contributed by atoms with Crippen LogP contribution in [0.1, 0.15) is 19.4 Å². The average Bonchev–Trinajstić information content (AvgIpc) is 2.54. The summed E-state index contributed by atoms with van der Waals surface area (Å²) in [7, 11) is 1.25. The third-order valence-corrected chi connectivity index (χ3v) is 3.16. The van der Waals surface area contributed by atoms with Gasteiger partial charge in [-0.05, 0) is 25.8 Å². The largest absolute Gasteiger partial charge is 0.468 e. The summed E-state index contributed by atoms with van der Waals surface area (Å²) >= 11 is 0. The van der Waals surface area contributed by atoms with Gasteiger partial charge in [0, 0.05) is 12.1 Å². The van der Waals surface area contributed by atoms with Gasteiger partial charge in [0.25, 0.3) is 5.69 Å². The fourth-order valence-electron chi connectivity index (χ4n) is 1.98. The summed E-state index contributed by atoms with van der Waals surface area (Å²) in [6.45, 7) is 3.53. The van der Waals surface area contributed by atoms with E-state index >= 15 is 0 Å². The molecule has 1 N–H and O–H groups in total. The minimum absolute atomic E-state index is 0.0313. The first-order chi connectivity index (χ1) is 10.9. The van der Waals surface area contributed by atoms with E-state index in [1.807, 2.05) is 0 Å². The van der Waals surface area contributed by atoms with Gasteiger partial charge in [-0.1, -0.05) is 12.1 Å². The molecule has 126 valence electrons. The normalized spacial score (nSPS) is 13.0. The Morgan fingerprint density at radius 3 is 2.35 bits per heavy atom. The number of nitrogens with one attached hydrogen (secondary N) is 1. The highest BCUT2D eigenvalue weighted by molar-refractivity contribution is 5.79. The van der Waals surface area contributed by atoms with E-state index in [4.69, 9.17) is 9.47 Å². The number of hydrogen-bond acceptors (Lipinski definition) is 7. The van der Waals surface area contributed by atoms with Gasteiger partial charge in [0.1, 0.15) is 12.1 Å². The molecule has 8 nitrogen and oxygen atoms in total. The zero-order valence-corrected chi connectivity index (χ0v) is 13.3. The molecule has 2 atom stereocenters. The summed E-state index contributed by atoms with van der Waals surface area (Å²) < 4.78 is 9.61. The van der Waals surface area contributed by atoms with Crippen molar-refractivity contribution < 1.29 is 24.0 Å². The monoisotopic (exact) mass is 324 g/mol. The van der Waals surface area contributed by atoms with Gasteiger partial charge in [-0.15, -0.1) is 0 Å². The Bertz CT molecular complexity index is 558. The Balaban J connectivity index is 2.80. The van der Waals surface area contributed by atoms with Crippen LogP contribution in [0.5, 0.6) is 0 Å². The molecule has 0 radical (unpaired) electrons. The number of carbonyl (C=O) groups is 2. The van der Waals surface area contributed by atoms with Crippen molar-refractivity contribution in [2.24, 2.45) is 0 Å². The van der Waals surface area contributed by atoms with Crippen LogP contribution in [0.2, 0.25) is 0 Å². The molecule has 1 aromatic rings. The van der Waals surface area contributed by atoms with E-state index in [1.165, 1.54) is 19.2 Å².